The Morgan fingerprint density at radius 1 is 1.30 bits per heavy atom. The molecule has 1 atom stereocenters. The quantitative estimate of drug-likeness (QED) is 0.580. The van der Waals surface area contributed by atoms with Crippen molar-refractivity contribution in [2.75, 3.05) is 6.61 Å². The predicted octanol–water partition coefficient (Wildman–Crippen LogP) is 3.33. The van der Waals surface area contributed by atoms with Crippen molar-refractivity contribution in [3.63, 3.8) is 0 Å². The molecular formula is C20H23ClN4O2. The summed E-state index contributed by atoms with van der Waals surface area (Å²) in [6, 6.07) is 14.8. The summed E-state index contributed by atoms with van der Waals surface area (Å²) < 4.78 is 5.83. The number of fused-ring (bicyclic) bond motifs is 1. The molecule has 1 unspecified atom stereocenters. The van der Waals surface area contributed by atoms with Crippen molar-refractivity contribution in [2.45, 2.75) is 32.0 Å². The summed E-state index contributed by atoms with van der Waals surface area (Å²) in [5.74, 6) is 0.312. The van der Waals surface area contributed by atoms with E-state index in [1.807, 2.05) is 36.4 Å². The standard InChI is InChI=1S/C20H23ClN4O2/c1-20(2,22)19(26)25-17(12-27-11-13-6-4-3-5-7-13)18-23-15-9-8-14(21)10-16(15)24-18/h3-10,17H,11-12,22H2,1-2H3,(H,23,24)(H,25,26). The molecule has 27 heavy (non-hydrogen) atoms. The van der Waals surface area contributed by atoms with Gasteiger partial charge in [-0.05, 0) is 37.6 Å². The first kappa shape index (κ1) is 19.4. The van der Waals surface area contributed by atoms with Crippen molar-refractivity contribution in [1.82, 2.24) is 15.3 Å². The monoisotopic (exact) mass is 386 g/mol. The maximum atomic E-state index is 12.4. The first-order valence-electron chi connectivity index (χ1n) is 8.69. The third kappa shape index (κ3) is 5.07. The molecule has 2 aromatic carbocycles. The zero-order valence-corrected chi connectivity index (χ0v) is 16.1. The number of hydrogen-bond donors (Lipinski definition) is 3. The molecule has 0 radical (unpaired) electrons. The lowest BCUT2D eigenvalue weighted by Gasteiger charge is -2.23. The number of benzene rings is 2. The molecule has 142 valence electrons. The highest BCUT2D eigenvalue weighted by molar-refractivity contribution is 6.31. The number of rotatable bonds is 7. The Labute approximate surface area is 163 Å². The van der Waals surface area contributed by atoms with Crippen LogP contribution < -0.4 is 11.1 Å². The highest BCUT2D eigenvalue weighted by atomic mass is 35.5. The van der Waals surface area contributed by atoms with E-state index in [1.165, 1.54) is 0 Å². The lowest BCUT2D eigenvalue weighted by molar-refractivity contribution is -0.126. The van der Waals surface area contributed by atoms with Gasteiger partial charge in [0, 0.05) is 5.02 Å². The van der Waals surface area contributed by atoms with Gasteiger partial charge in [0.25, 0.3) is 0 Å². The van der Waals surface area contributed by atoms with Crippen LogP contribution in [0.3, 0.4) is 0 Å². The van der Waals surface area contributed by atoms with Gasteiger partial charge in [-0.1, -0.05) is 41.9 Å². The Bertz CT molecular complexity index is 919. The maximum Gasteiger partial charge on any atom is 0.240 e. The maximum absolute atomic E-state index is 12.4. The van der Waals surface area contributed by atoms with Crippen molar-refractivity contribution in [3.05, 3.63) is 64.9 Å². The van der Waals surface area contributed by atoms with E-state index in [2.05, 4.69) is 15.3 Å². The van der Waals surface area contributed by atoms with Crippen LogP contribution in [0.2, 0.25) is 5.02 Å². The molecule has 0 aliphatic heterocycles. The van der Waals surface area contributed by atoms with Gasteiger partial charge in [0.2, 0.25) is 5.91 Å². The summed E-state index contributed by atoms with van der Waals surface area (Å²) in [6.07, 6.45) is 0. The van der Waals surface area contributed by atoms with Crippen molar-refractivity contribution in [3.8, 4) is 0 Å². The highest BCUT2D eigenvalue weighted by Crippen LogP contribution is 2.21. The fraction of sp³-hybridized carbons (Fsp3) is 0.300. The second kappa shape index (κ2) is 8.08. The zero-order valence-electron chi connectivity index (χ0n) is 15.3. The van der Waals surface area contributed by atoms with Gasteiger partial charge >= 0.3 is 0 Å². The summed E-state index contributed by atoms with van der Waals surface area (Å²) in [5, 5.41) is 3.53. The molecule has 0 aliphatic rings. The summed E-state index contributed by atoms with van der Waals surface area (Å²) in [7, 11) is 0. The number of nitrogens with one attached hydrogen (secondary N) is 2. The average molecular weight is 387 g/mol. The molecule has 1 aromatic heterocycles. The number of aromatic amines is 1. The number of halogens is 1. The topological polar surface area (TPSA) is 93.0 Å². The van der Waals surface area contributed by atoms with Crippen LogP contribution in [0.5, 0.6) is 0 Å². The molecule has 0 saturated carbocycles. The van der Waals surface area contributed by atoms with Crippen LogP contribution >= 0.6 is 11.6 Å². The number of aromatic nitrogens is 2. The minimum absolute atomic E-state index is 0.254. The number of carbonyl (C=O) groups excluding carboxylic acids is 1. The molecule has 7 heteroatoms. The lowest BCUT2D eigenvalue weighted by Crippen LogP contribution is -2.50. The van der Waals surface area contributed by atoms with Crippen molar-refractivity contribution in [2.24, 2.45) is 5.73 Å². The summed E-state index contributed by atoms with van der Waals surface area (Å²) in [6.45, 7) is 4.00. The van der Waals surface area contributed by atoms with Crippen LogP contribution in [0.15, 0.2) is 48.5 Å². The highest BCUT2D eigenvalue weighted by Gasteiger charge is 2.27. The molecule has 0 saturated heterocycles. The smallest absolute Gasteiger partial charge is 0.240 e. The molecule has 0 aliphatic carbocycles. The molecule has 0 bridgehead atoms. The number of nitrogens with zero attached hydrogens (tertiary/aromatic N) is 1. The van der Waals surface area contributed by atoms with Crippen LogP contribution in [0.1, 0.15) is 31.3 Å². The first-order valence-corrected chi connectivity index (χ1v) is 9.07. The number of carbonyl (C=O) groups is 1. The number of H-pyrrole nitrogens is 1. The van der Waals surface area contributed by atoms with Gasteiger partial charge < -0.3 is 20.8 Å². The Kier molecular flexibility index (Phi) is 5.79. The van der Waals surface area contributed by atoms with E-state index < -0.39 is 11.6 Å². The lowest BCUT2D eigenvalue weighted by atomic mass is 10.1. The van der Waals surface area contributed by atoms with Crippen LogP contribution in [-0.2, 0) is 16.1 Å². The van der Waals surface area contributed by atoms with E-state index in [0.717, 1.165) is 16.6 Å². The van der Waals surface area contributed by atoms with E-state index in [1.54, 1.807) is 26.0 Å². The third-order valence-electron chi connectivity index (χ3n) is 4.08. The van der Waals surface area contributed by atoms with Crippen LogP contribution in [-0.4, -0.2) is 28.0 Å². The van der Waals surface area contributed by atoms with Crippen molar-refractivity contribution < 1.29 is 9.53 Å². The van der Waals surface area contributed by atoms with Crippen LogP contribution in [0.25, 0.3) is 11.0 Å². The van der Waals surface area contributed by atoms with E-state index >= 15 is 0 Å². The van der Waals surface area contributed by atoms with E-state index in [9.17, 15) is 4.79 Å². The molecular weight excluding hydrogens is 364 g/mol. The minimum Gasteiger partial charge on any atom is -0.374 e. The molecule has 6 nitrogen and oxygen atoms in total. The molecule has 3 aromatic rings. The minimum atomic E-state index is -1.01. The second-order valence-corrected chi connectivity index (χ2v) is 7.47. The third-order valence-corrected chi connectivity index (χ3v) is 4.31. The summed E-state index contributed by atoms with van der Waals surface area (Å²) in [5.41, 5.74) is 7.53. The van der Waals surface area contributed by atoms with Gasteiger partial charge in [-0.15, -0.1) is 0 Å². The summed E-state index contributed by atoms with van der Waals surface area (Å²) in [4.78, 5) is 20.2. The van der Waals surface area contributed by atoms with Gasteiger partial charge in [0.15, 0.2) is 0 Å². The molecule has 3 rings (SSSR count). The van der Waals surface area contributed by atoms with Gasteiger partial charge in [0.05, 0.1) is 29.8 Å². The Morgan fingerprint density at radius 2 is 2.04 bits per heavy atom. The van der Waals surface area contributed by atoms with Crippen LogP contribution in [0.4, 0.5) is 0 Å². The SMILES string of the molecule is CC(C)(N)C(=O)NC(COCc1ccccc1)c1nc2ccc(Cl)cc2[nH]1. The predicted molar refractivity (Wildman–Crippen MR) is 106 cm³/mol. The molecule has 0 fully saturated rings. The van der Waals surface area contributed by atoms with Gasteiger partial charge in [-0.3, -0.25) is 4.79 Å². The molecule has 0 spiro atoms. The second-order valence-electron chi connectivity index (χ2n) is 7.03. The Morgan fingerprint density at radius 3 is 2.74 bits per heavy atom. The van der Waals surface area contributed by atoms with Gasteiger partial charge in [-0.2, -0.15) is 0 Å². The number of imidazole rings is 1. The molecule has 1 heterocycles. The fourth-order valence-corrected chi connectivity index (χ4v) is 2.74. The van der Waals surface area contributed by atoms with E-state index in [4.69, 9.17) is 22.1 Å². The fourth-order valence-electron chi connectivity index (χ4n) is 2.57. The molecule has 1 amide bonds. The van der Waals surface area contributed by atoms with Crippen LogP contribution in [0, 0.1) is 0 Å². The number of ether oxygens (including phenoxy) is 1. The number of nitrogens with two attached hydrogens (primary N) is 1. The normalized spacial score (nSPS) is 12.9. The Hall–Kier alpha value is -2.41. The largest absolute Gasteiger partial charge is 0.374 e. The average Bonchev–Trinajstić information content (AvgIpc) is 3.03. The number of amides is 1. The van der Waals surface area contributed by atoms with Gasteiger partial charge in [0.1, 0.15) is 11.9 Å². The van der Waals surface area contributed by atoms with Crippen molar-refractivity contribution >= 4 is 28.5 Å². The van der Waals surface area contributed by atoms with E-state index in [-0.39, 0.29) is 12.5 Å². The summed E-state index contributed by atoms with van der Waals surface area (Å²) >= 11 is 6.04. The zero-order chi connectivity index (χ0) is 19.4. The van der Waals surface area contributed by atoms with Crippen molar-refractivity contribution in [1.29, 1.82) is 0 Å². The Balaban J connectivity index is 1.78. The first-order chi connectivity index (χ1) is 12.8. The van der Waals surface area contributed by atoms with Gasteiger partial charge in [-0.25, -0.2) is 4.98 Å². The van der Waals surface area contributed by atoms with E-state index in [0.29, 0.717) is 17.5 Å². The number of hydrogen-bond acceptors (Lipinski definition) is 4. The molecule has 4 N–H and O–H groups in total.